The fourth-order valence-electron chi connectivity index (χ4n) is 3.87. The van der Waals surface area contributed by atoms with Gasteiger partial charge in [0.15, 0.2) is 16.6 Å². The summed E-state index contributed by atoms with van der Waals surface area (Å²) in [5.74, 6) is 0.0864. The van der Waals surface area contributed by atoms with E-state index in [-0.39, 0.29) is 5.97 Å². The molecule has 1 aromatic carbocycles. The van der Waals surface area contributed by atoms with Gasteiger partial charge in [0.05, 0.1) is 6.61 Å². The minimum absolute atomic E-state index is 0.292. The van der Waals surface area contributed by atoms with Crippen LogP contribution in [0.2, 0.25) is 51.9 Å². The van der Waals surface area contributed by atoms with Crippen LogP contribution in [0.1, 0.15) is 35.6 Å². The molecule has 0 radical (unpaired) electrons. The molecule has 0 aliphatic rings. The van der Waals surface area contributed by atoms with Gasteiger partial charge in [-0.1, -0.05) is 19.1 Å². The van der Waals surface area contributed by atoms with Crippen LogP contribution in [-0.4, -0.2) is 37.8 Å². The zero-order valence-electron chi connectivity index (χ0n) is 21.6. The Balaban J connectivity index is 2.60. The highest BCUT2D eigenvalue weighted by atomic mass is 28.5. The number of aryl methyl sites for hydroxylation is 2. The second kappa shape index (κ2) is 11.2. The van der Waals surface area contributed by atoms with E-state index < -0.39 is 25.2 Å². The van der Waals surface area contributed by atoms with Crippen molar-refractivity contribution in [2.24, 2.45) is 5.92 Å². The summed E-state index contributed by atoms with van der Waals surface area (Å²) < 4.78 is 18.6. The Hall–Kier alpha value is -0.999. The van der Waals surface area contributed by atoms with Crippen LogP contribution in [0.5, 0.6) is 0 Å². The van der Waals surface area contributed by atoms with Crippen LogP contribution in [0, 0.1) is 26.7 Å². The maximum Gasteiger partial charge on any atom is 0.330 e. The fraction of sp³-hybridized carbons (Fsp3) is 0.625. The highest BCUT2D eigenvalue weighted by Gasteiger charge is 2.41. The van der Waals surface area contributed by atoms with Crippen molar-refractivity contribution in [1.29, 1.82) is 0 Å². The lowest BCUT2D eigenvalue weighted by Crippen LogP contribution is -2.53. The van der Waals surface area contributed by atoms with E-state index in [2.05, 4.69) is 85.7 Å². The van der Waals surface area contributed by atoms with Crippen LogP contribution < -0.4 is 0 Å². The molecule has 0 aromatic heterocycles. The van der Waals surface area contributed by atoms with Crippen LogP contribution in [0.4, 0.5) is 0 Å². The van der Waals surface area contributed by atoms with Crippen molar-refractivity contribution in [1.82, 2.24) is 0 Å². The average Bonchev–Trinajstić information content (AvgIpc) is 2.53. The van der Waals surface area contributed by atoms with Crippen molar-refractivity contribution in [2.75, 3.05) is 6.61 Å². The van der Waals surface area contributed by atoms with Gasteiger partial charge in [-0.05, 0) is 113 Å². The van der Waals surface area contributed by atoms with Gasteiger partial charge in [-0.15, -0.1) is 0 Å². The van der Waals surface area contributed by atoms with Crippen molar-refractivity contribution < 1.29 is 17.8 Å². The molecule has 0 aliphatic carbocycles. The summed E-state index contributed by atoms with van der Waals surface area (Å²) in [6.45, 7) is 24.5. The van der Waals surface area contributed by atoms with Gasteiger partial charge in [-0.2, -0.15) is 0 Å². The second-order valence-electron chi connectivity index (χ2n) is 10.9. The fourth-order valence-corrected chi connectivity index (χ4v) is 16.9. The first-order chi connectivity index (χ1) is 14.0. The summed E-state index contributed by atoms with van der Waals surface area (Å²) in [5, 5.41) is 0. The molecular formula is C24H44O4Si3. The quantitative estimate of drug-likeness (QED) is 0.195. The topological polar surface area (TPSA) is 44.8 Å². The van der Waals surface area contributed by atoms with E-state index in [1.165, 1.54) is 22.8 Å². The molecule has 1 atom stereocenters. The Morgan fingerprint density at radius 3 is 1.87 bits per heavy atom. The predicted octanol–water partition coefficient (Wildman–Crippen LogP) is 6.97. The third kappa shape index (κ3) is 11.4. The highest BCUT2D eigenvalue weighted by Crippen LogP contribution is 2.28. The molecule has 1 unspecified atom stereocenters. The Labute approximate surface area is 193 Å². The molecule has 4 nitrogen and oxygen atoms in total. The maximum atomic E-state index is 12.2. The van der Waals surface area contributed by atoms with Crippen molar-refractivity contribution in [2.45, 2.75) is 86.0 Å². The van der Waals surface area contributed by atoms with Crippen LogP contribution in [0.25, 0.3) is 6.08 Å². The molecule has 0 fully saturated rings. The van der Waals surface area contributed by atoms with Gasteiger partial charge in [0, 0.05) is 6.08 Å². The van der Waals surface area contributed by atoms with E-state index in [0.717, 1.165) is 18.0 Å². The zero-order chi connectivity index (χ0) is 24.0. The summed E-state index contributed by atoms with van der Waals surface area (Å²) >= 11 is 0. The van der Waals surface area contributed by atoms with Gasteiger partial charge in [0.2, 0.25) is 0 Å². The molecule has 0 heterocycles. The van der Waals surface area contributed by atoms with Crippen LogP contribution in [-0.2, 0) is 17.8 Å². The van der Waals surface area contributed by atoms with Crippen molar-refractivity contribution in [3.05, 3.63) is 40.5 Å². The van der Waals surface area contributed by atoms with E-state index in [1.807, 2.05) is 6.08 Å². The lowest BCUT2D eigenvalue weighted by atomic mass is 10.0. The molecule has 0 saturated heterocycles. The first-order valence-corrected chi connectivity index (χ1v) is 20.7. The van der Waals surface area contributed by atoms with Gasteiger partial charge < -0.3 is 13.0 Å². The lowest BCUT2D eigenvalue weighted by molar-refractivity contribution is -0.137. The van der Waals surface area contributed by atoms with E-state index in [4.69, 9.17) is 13.0 Å². The molecule has 7 heteroatoms. The van der Waals surface area contributed by atoms with Crippen molar-refractivity contribution in [3.63, 3.8) is 0 Å². The first kappa shape index (κ1) is 28.0. The number of ether oxygens (including phenoxy) is 1. The molecule has 1 aromatic rings. The number of esters is 1. The average molecular weight is 481 g/mol. The van der Waals surface area contributed by atoms with Crippen molar-refractivity contribution >= 4 is 37.2 Å². The number of benzene rings is 1. The van der Waals surface area contributed by atoms with Crippen molar-refractivity contribution in [3.8, 4) is 0 Å². The third-order valence-corrected chi connectivity index (χ3v) is 14.8. The summed E-state index contributed by atoms with van der Waals surface area (Å²) in [7, 11) is -5.66. The Morgan fingerprint density at radius 1 is 0.935 bits per heavy atom. The number of rotatable bonds is 11. The van der Waals surface area contributed by atoms with E-state index in [9.17, 15) is 4.79 Å². The van der Waals surface area contributed by atoms with Gasteiger partial charge in [0.1, 0.15) is 0 Å². The van der Waals surface area contributed by atoms with Crippen LogP contribution in [0.3, 0.4) is 0 Å². The monoisotopic (exact) mass is 480 g/mol. The van der Waals surface area contributed by atoms with E-state index >= 15 is 0 Å². The molecule has 176 valence electrons. The predicted molar refractivity (Wildman–Crippen MR) is 140 cm³/mol. The summed E-state index contributed by atoms with van der Waals surface area (Å²) in [6.07, 6.45) is 4.17. The van der Waals surface area contributed by atoms with E-state index in [1.54, 1.807) is 0 Å². The SMILES string of the molecule is Cc1cc(C=CC(=O)OCCC(C)C[Si](C)(O[Si](C)(C)C)O[Si](C)(C)C)cc(C)c1C. The summed E-state index contributed by atoms with van der Waals surface area (Å²) in [6, 6.07) is 5.12. The molecular weight excluding hydrogens is 437 g/mol. The molecule has 1 rings (SSSR count). The first-order valence-electron chi connectivity index (χ1n) is 11.3. The van der Waals surface area contributed by atoms with Gasteiger partial charge in [-0.25, -0.2) is 4.79 Å². The molecule has 0 amide bonds. The largest absolute Gasteiger partial charge is 0.463 e. The standard InChI is InChI=1S/C24H44O4Si3/c1-19(18-31(11,27-29(5,6)7)28-30(8,9)10)14-15-26-24(25)13-12-23-16-20(2)22(4)21(3)17-23/h12-13,16-17,19H,14-15,18H2,1-11H3. The summed E-state index contributed by atoms with van der Waals surface area (Å²) in [5.41, 5.74) is 4.78. The third-order valence-electron chi connectivity index (χ3n) is 4.98. The Bertz CT molecular complexity index is 737. The van der Waals surface area contributed by atoms with E-state index in [0.29, 0.717) is 12.5 Å². The second-order valence-corrected chi connectivity index (χ2v) is 23.7. The van der Waals surface area contributed by atoms with Crippen LogP contribution in [0.15, 0.2) is 18.2 Å². The smallest absolute Gasteiger partial charge is 0.330 e. The van der Waals surface area contributed by atoms with Gasteiger partial charge >= 0.3 is 14.5 Å². The number of hydrogen-bond donors (Lipinski definition) is 0. The Morgan fingerprint density at radius 2 is 1.42 bits per heavy atom. The molecule has 0 saturated carbocycles. The van der Waals surface area contributed by atoms with Gasteiger partial charge in [-0.3, -0.25) is 0 Å². The maximum absolute atomic E-state index is 12.2. The lowest BCUT2D eigenvalue weighted by Gasteiger charge is -2.39. The zero-order valence-corrected chi connectivity index (χ0v) is 24.6. The van der Waals surface area contributed by atoms with Gasteiger partial charge in [0.25, 0.3) is 0 Å². The normalized spacial score (nSPS) is 14.2. The molecule has 0 bridgehead atoms. The molecule has 0 N–H and O–H groups in total. The van der Waals surface area contributed by atoms with Crippen LogP contribution >= 0.6 is 0 Å². The molecule has 0 spiro atoms. The molecule has 0 aliphatic heterocycles. The number of carbonyl (C=O) groups excluding carboxylic acids is 1. The number of hydrogen-bond acceptors (Lipinski definition) is 4. The Kier molecular flexibility index (Phi) is 10.2. The summed E-state index contributed by atoms with van der Waals surface area (Å²) in [4.78, 5) is 12.2. The minimum Gasteiger partial charge on any atom is -0.463 e. The molecule has 31 heavy (non-hydrogen) atoms. The number of carbonyl (C=O) groups is 1. The highest BCUT2D eigenvalue weighted by molar-refractivity contribution is 6.87. The minimum atomic E-state index is -2.27.